The van der Waals surface area contributed by atoms with E-state index in [2.05, 4.69) is 32.2 Å². The fraction of sp³-hybridized carbons (Fsp3) is 0.278. The monoisotopic (exact) mass is 374 g/mol. The van der Waals surface area contributed by atoms with Crippen LogP contribution in [-0.4, -0.2) is 16.8 Å². The Morgan fingerprint density at radius 1 is 1.17 bits per heavy atom. The van der Waals surface area contributed by atoms with Crippen LogP contribution in [-0.2, 0) is 13.1 Å². The van der Waals surface area contributed by atoms with E-state index in [0.29, 0.717) is 11.6 Å². The molecule has 1 aliphatic heterocycles. The van der Waals surface area contributed by atoms with Crippen LogP contribution in [0, 0.1) is 5.82 Å². The molecule has 1 saturated carbocycles. The van der Waals surface area contributed by atoms with Crippen molar-refractivity contribution in [2.24, 2.45) is 0 Å². The number of fused-ring (bicyclic) bond motifs is 1. The number of carbonyl (C=O) groups is 1. The number of nitrogens with one attached hydrogen (secondary N) is 1. The van der Waals surface area contributed by atoms with E-state index in [4.69, 9.17) is 0 Å². The molecule has 0 saturated heterocycles. The lowest BCUT2D eigenvalue weighted by Gasteiger charge is -2.13. The first-order chi connectivity index (χ1) is 11.1. The summed E-state index contributed by atoms with van der Waals surface area (Å²) in [6.07, 6.45) is 2.54. The number of carbonyl (C=O) groups excluding carboxylic acids is 1. The number of anilines is 1. The van der Waals surface area contributed by atoms with Crippen LogP contribution in [0.25, 0.3) is 0 Å². The molecule has 1 heterocycles. The molecule has 2 aromatic rings. The Kier molecular flexibility index (Phi) is 3.70. The molecule has 3 nitrogen and oxygen atoms in total. The maximum atomic E-state index is 13.6. The highest BCUT2D eigenvalue weighted by atomic mass is 79.9. The van der Waals surface area contributed by atoms with Crippen molar-refractivity contribution in [1.29, 1.82) is 0 Å². The van der Waals surface area contributed by atoms with Gasteiger partial charge in [0.2, 0.25) is 0 Å². The molecule has 0 spiro atoms. The van der Waals surface area contributed by atoms with Gasteiger partial charge in [0.05, 0.1) is 10.0 Å². The van der Waals surface area contributed by atoms with E-state index in [9.17, 15) is 9.18 Å². The van der Waals surface area contributed by atoms with E-state index in [1.165, 1.54) is 30.0 Å². The summed E-state index contributed by atoms with van der Waals surface area (Å²) in [7, 11) is 0. The van der Waals surface area contributed by atoms with Crippen LogP contribution in [0.3, 0.4) is 0 Å². The molecular formula is C18H16BrFN2O. The molecule has 1 N–H and O–H groups in total. The van der Waals surface area contributed by atoms with Crippen LogP contribution < -0.4 is 5.32 Å². The highest BCUT2D eigenvalue weighted by Crippen LogP contribution is 2.37. The molecule has 0 radical (unpaired) electrons. The SMILES string of the molecule is O=C(Nc1cccc2c1CN(C1CC1)C2)c1cccc(F)c1Br. The first-order valence-electron chi connectivity index (χ1n) is 7.73. The molecular weight excluding hydrogens is 359 g/mol. The second kappa shape index (κ2) is 5.73. The molecule has 0 atom stereocenters. The fourth-order valence-corrected chi connectivity index (χ4v) is 3.58. The zero-order chi connectivity index (χ0) is 16.0. The van der Waals surface area contributed by atoms with Gasteiger partial charge in [-0.05, 0) is 58.1 Å². The number of amides is 1. The summed E-state index contributed by atoms with van der Waals surface area (Å²) >= 11 is 3.15. The minimum atomic E-state index is -0.434. The Hall–Kier alpha value is -1.72. The largest absolute Gasteiger partial charge is 0.322 e. The first kappa shape index (κ1) is 14.8. The Morgan fingerprint density at radius 3 is 2.74 bits per heavy atom. The van der Waals surface area contributed by atoms with Gasteiger partial charge in [0.1, 0.15) is 5.82 Å². The van der Waals surface area contributed by atoms with Crippen LogP contribution in [0.4, 0.5) is 10.1 Å². The minimum absolute atomic E-state index is 0.199. The summed E-state index contributed by atoms with van der Waals surface area (Å²) in [6.45, 7) is 1.83. The molecule has 1 fully saturated rings. The Balaban J connectivity index is 1.59. The third kappa shape index (κ3) is 2.79. The molecule has 23 heavy (non-hydrogen) atoms. The predicted octanol–water partition coefficient (Wildman–Crippen LogP) is 4.32. The van der Waals surface area contributed by atoms with Gasteiger partial charge in [-0.15, -0.1) is 0 Å². The van der Waals surface area contributed by atoms with Crippen LogP contribution in [0.1, 0.15) is 34.3 Å². The van der Waals surface area contributed by atoms with Crippen molar-refractivity contribution in [2.75, 3.05) is 5.32 Å². The average molecular weight is 375 g/mol. The predicted molar refractivity (Wildman–Crippen MR) is 90.8 cm³/mol. The highest BCUT2D eigenvalue weighted by Gasteiger charge is 2.34. The normalized spacial score (nSPS) is 17.1. The molecule has 0 aromatic heterocycles. The van der Waals surface area contributed by atoms with Gasteiger partial charge in [0.25, 0.3) is 5.91 Å². The Bertz CT molecular complexity index is 789. The topological polar surface area (TPSA) is 32.3 Å². The van der Waals surface area contributed by atoms with Crippen LogP contribution in [0.15, 0.2) is 40.9 Å². The molecule has 2 aromatic carbocycles. The van der Waals surface area contributed by atoms with E-state index in [1.807, 2.05) is 12.1 Å². The second-order valence-electron chi connectivity index (χ2n) is 6.13. The Morgan fingerprint density at radius 2 is 1.96 bits per heavy atom. The molecule has 2 aliphatic rings. The van der Waals surface area contributed by atoms with Crippen molar-refractivity contribution in [3.05, 3.63) is 63.4 Å². The molecule has 0 unspecified atom stereocenters. The summed E-state index contributed by atoms with van der Waals surface area (Å²) in [5.41, 5.74) is 3.58. The van der Waals surface area contributed by atoms with Crippen LogP contribution in [0.2, 0.25) is 0 Å². The first-order valence-corrected chi connectivity index (χ1v) is 8.53. The summed E-state index contributed by atoms with van der Waals surface area (Å²) < 4.78 is 13.8. The molecule has 1 amide bonds. The summed E-state index contributed by atoms with van der Waals surface area (Å²) in [5, 5.41) is 2.94. The Labute approximate surface area is 142 Å². The fourth-order valence-electron chi connectivity index (χ4n) is 3.13. The second-order valence-corrected chi connectivity index (χ2v) is 6.93. The van der Waals surface area contributed by atoms with Crippen molar-refractivity contribution in [3.63, 3.8) is 0 Å². The van der Waals surface area contributed by atoms with Gasteiger partial charge in [0, 0.05) is 24.8 Å². The highest BCUT2D eigenvalue weighted by molar-refractivity contribution is 9.10. The van der Waals surface area contributed by atoms with Gasteiger partial charge < -0.3 is 5.32 Å². The lowest BCUT2D eigenvalue weighted by molar-refractivity contribution is 0.102. The van der Waals surface area contributed by atoms with Gasteiger partial charge in [-0.25, -0.2) is 4.39 Å². The van der Waals surface area contributed by atoms with Gasteiger partial charge in [0.15, 0.2) is 0 Å². The smallest absolute Gasteiger partial charge is 0.256 e. The van der Waals surface area contributed by atoms with Gasteiger partial charge >= 0.3 is 0 Å². The minimum Gasteiger partial charge on any atom is -0.322 e. The molecule has 0 bridgehead atoms. The number of nitrogens with zero attached hydrogens (tertiary/aromatic N) is 1. The van der Waals surface area contributed by atoms with E-state index >= 15 is 0 Å². The standard InChI is InChI=1S/C18H16BrFN2O/c19-17-13(4-2-5-15(17)20)18(23)21-16-6-1-3-11-9-22(10-14(11)16)12-7-8-12/h1-6,12H,7-10H2,(H,21,23). The van der Waals surface area contributed by atoms with Gasteiger partial charge in [-0.2, -0.15) is 0 Å². The van der Waals surface area contributed by atoms with Gasteiger partial charge in [-0.1, -0.05) is 18.2 Å². The summed E-state index contributed by atoms with van der Waals surface area (Å²) in [4.78, 5) is 15.0. The van der Waals surface area contributed by atoms with Crippen molar-refractivity contribution < 1.29 is 9.18 Å². The van der Waals surface area contributed by atoms with Crippen molar-refractivity contribution >= 4 is 27.5 Å². The zero-order valence-electron chi connectivity index (χ0n) is 12.5. The van der Waals surface area contributed by atoms with E-state index in [-0.39, 0.29) is 10.4 Å². The summed E-state index contributed by atoms with van der Waals surface area (Å²) in [6, 6.07) is 11.2. The average Bonchev–Trinajstić information content (AvgIpc) is 3.29. The van der Waals surface area contributed by atoms with Gasteiger partial charge in [-0.3, -0.25) is 9.69 Å². The summed E-state index contributed by atoms with van der Waals surface area (Å²) in [5.74, 6) is -0.731. The molecule has 1 aliphatic carbocycles. The number of hydrogen-bond acceptors (Lipinski definition) is 2. The lowest BCUT2D eigenvalue weighted by Crippen LogP contribution is -2.19. The van der Waals surface area contributed by atoms with Crippen LogP contribution in [0.5, 0.6) is 0 Å². The van der Waals surface area contributed by atoms with E-state index in [1.54, 1.807) is 12.1 Å². The number of halogens is 2. The van der Waals surface area contributed by atoms with E-state index in [0.717, 1.165) is 18.8 Å². The maximum Gasteiger partial charge on any atom is 0.256 e. The number of hydrogen-bond donors (Lipinski definition) is 1. The third-order valence-corrected chi connectivity index (χ3v) is 5.32. The van der Waals surface area contributed by atoms with E-state index < -0.39 is 5.82 Å². The molecule has 118 valence electrons. The van der Waals surface area contributed by atoms with Crippen molar-refractivity contribution in [2.45, 2.75) is 32.0 Å². The maximum absolute atomic E-state index is 13.6. The molecule has 4 rings (SSSR count). The number of benzene rings is 2. The van der Waals surface area contributed by atoms with Crippen molar-refractivity contribution in [3.8, 4) is 0 Å². The third-order valence-electron chi connectivity index (χ3n) is 4.52. The van der Waals surface area contributed by atoms with Crippen molar-refractivity contribution in [1.82, 2.24) is 4.90 Å². The lowest BCUT2D eigenvalue weighted by atomic mass is 10.1. The zero-order valence-corrected chi connectivity index (χ0v) is 14.1. The number of rotatable bonds is 3. The molecule has 5 heteroatoms. The van der Waals surface area contributed by atoms with Crippen LogP contribution >= 0.6 is 15.9 Å². The quantitative estimate of drug-likeness (QED) is 0.867.